The Labute approximate surface area is 149 Å². The maximum Gasteiger partial charge on any atom is 0.273 e. The lowest BCUT2D eigenvalue weighted by Gasteiger charge is -2.36. The minimum absolute atomic E-state index is 0.0648. The molecule has 0 bridgehead atoms. The summed E-state index contributed by atoms with van der Waals surface area (Å²) in [7, 11) is 0. The third kappa shape index (κ3) is 5.69. The second-order valence-corrected chi connectivity index (χ2v) is 6.85. The number of rotatable bonds is 8. The van der Waals surface area contributed by atoms with Gasteiger partial charge in [0.15, 0.2) is 5.69 Å². The molecule has 1 fully saturated rings. The largest absolute Gasteiger partial charge is 0.348 e. The smallest absolute Gasteiger partial charge is 0.273 e. The van der Waals surface area contributed by atoms with Crippen LogP contribution < -0.4 is 5.32 Å². The van der Waals surface area contributed by atoms with E-state index in [2.05, 4.69) is 22.2 Å². The third-order valence-corrected chi connectivity index (χ3v) is 4.39. The Kier molecular flexibility index (Phi) is 7.16. The minimum Gasteiger partial charge on any atom is -0.348 e. The highest BCUT2D eigenvalue weighted by Gasteiger charge is 2.26. The van der Waals surface area contributed by atoms with Crippen LogP contribution >= 0.6 is 0 Å². The minimum atomic E-state index is -0.208. The van der Waals surface area contributed by atoms with Crippen LogP contribution in [0.3, 0.4) is 0 Å². The van der Waals surface area contributed by atoms with E-state index in [1.807, 2.05) is 18.7 Å². The lowest BCUT2D eigenvalue weighted by atomic mass is 9.98. The number of carbonyl (C=O) groups excluding carboxylic acids is 2. The summed E-state index contributed by atoms with van der Waals surface area (Å²) in [5.74, 6) is 0.000311. The number of likely N-dealkylation sites (tertiary alicyclic amines) is 1. The standard InChI is InChI=1S/C18H29N5O2/c1-4-5-9-17(24)23-11-7-6-8-15(23)10-12-22-13-16(20-21-22)18(25)19-14(2)3/h4,13-15H,1,5-12H2,2-3H3,(H,19,25)/t15-/m1/s1. The number of hydrogen-bond donors (Lipinski definition) is 1. The van der Waals surface area contributed by atoms with E-state index in [1.54, 1.807) is 17.0 Å². The van der Waals surface area contributed by atoms with Gasteiger partial charge in [-0.1, -0.05) is 11.3 Å². The van der Waals surface area contributed by atoms with Crippen LogP contribution in [0.4, 0.5) is 0 Å². The lowest BCUT2D eigenvalue weighted by Crippen LogP contribution is -2.44. The summed E-state index contributed by atoms with van der Waals surface area (Å²) in [5.41, 5.74) is 0.330. The van der Waals surface area contributed by atoms with Crippen molar-refractivity contribution < 1.29 is 9.59 Å². The van der Waals surface area contributed by atoms with Crippen molar-refractivity contribution in [3.63, 3.8) is 0 Å². The number of carbonyl (C=O) groups is 2. The number of piperidine rings is 1. The van der Waals surface area contributed by atoms with Crippen molar-refractivity contribution in [1.29, 1.82) is 0 Å². The van der Waals surface area contributed by atoms with Crippen molar-refractivity contribution in [1.82, 2.24) is 25.2 Å². The first-order valence-electron chi connectivity index (χ1n) is 9.12. The predicted molar refractivity (Wildman–Crippen MR) is 96.0 cm³/mol. The molecule has 1 atom stereocenters. The van der Waals surface area contributed by atoms with Crippen LogP contribution in [0.5, 0.6) is 0 Å². The third-order valence-electron chi connectivity index (χ3n) is 4.39. The van der Waals surface area contributed by atoms with Crippen molar-refractivity contribution >= 4 is 11.8 Å². The Morgan fingerprint density at radius 3 is 2.96 bits per heavy atom. The van der Waals surface area contributed by atoms with Gasteiger partial charge in [0.1, 0.15) is 0 Å². The van der Waals surface area contributed by atoms with Gasteiger partial charge in [-0.25, -0.2) is 0 Å². The van der Waals surface area contributed by atoms with Gasteiger partial charge in [0.25, 0.3) is 5.91 Å². The van der Waals surface area contributed by atoms with Crippen LogP contribution in [0, 0.1) is 0 Å². The van der Waals surface area contributed by atoms with Gasteiger partial charge in [-0.2, -0.15) is 0 Å². The molecule has 7 nitrogen and oxygen atoms in total. The highest BCUT2D eigenvalue weighted by Crippen LogP contribution is 2.21. The average Bonchev–Trinajstić information content (AvgIpc) is 3.06. The topological polar surface area (TPSA) is 80.1 Å². The number of nitrogens with one attached hydrogen (secondary N) is 1. The molecule has 7 heteroatoms. The first kappa shape index (κ1) is 19.1. The molecular weight excluding hydrogens is 318 g/mol. The van der Waals surface area contributed by atoms with Crippen LogP contribution in [0.15, 0.2) is 18.9 Å². The van der Waals surface area contributed by atoms with E-state index < -0.39 is 0 Å². The summed E-state index contributed by atoms with van der Waals surface area (Å²) in [6.45, 7) is 8.98. The zero-order valence-electron chi connectivity index (χ0n) is 15.3. The molecule has 0 aromatic carbocycles. The Bertz CT molecular complexity index is 596. The molecule has 1 aliphatic heterocycles. The molecule has 138 valence electrons. The maximum atomic E-state index is 12.4. The molecule has 25 heavy (non-hydrogen) atoms. The van der Waals surface area contributed by atoms with Gasteiger partial charge in [-0.3, -0.25) is 14.3 Å². The molecule has 1 aliphatic rings. The molecular formula is C18H29N5O2. The summed E-state index contributed by atoms with van der Waals surface area (Å²) in [6, 6.07) is 0.304. The van der Waals surface area contributed by atoms with Crippen LogP contribution in [0.2, 0.25) is 0 Å². The number of nitrogens with zero attached hydrogens (tertiary/aromatic N) is 4. The molecule has 2 amide bonds. The van der Waals surface area contributed by atoms with Gasteiger partial charge in [-0.05, 0) is 46.0 Å². The fraction of sp³-hybridized carbons (Fsp3) is 0.667. The number of amides is 2. The number of aromatic nitrogens is 3. The van der Waals surface area contributed by atoms with Gasteiger partial charge in [0.05, 0.1) is 6.20 Å². The van der Waals surface area contributed by atoms with Crippen LogP contribution in [-0.2, 0) is 11.3 Å². The van der Waals surface area contributed by atoms with E-state index in [1.165, 1.54) is 0 Å². The zero-order chi connectivity index (χ0) is 18.2. The molecule has 0 aliphatic carbocycles. The number of allylic oxidation sites excluding steroid dienone is 1. The van der Waals surface area contributed by atoms with E-state index in [0.717, 1.165) is 38.6 Å². The molecule has 0 saturated carbocycles. The van der Waals surface area contributed by atoms with Gasteiger partial charge in [-0.15, -0.1) is 11.7 Å². The summed E-state index contributed by atoms with van der Waals surface area (Å²) < 4.78 is 1.69. The number of aryl methyl sites for hydroxylation is 1. The number of hydrogen-bond acceptors (Lipinski definition) is 4. The highest BCUT2D eigenvalue weighted by molar-refractivity contribution is 5.91. The van der Waals surface area contributed by atoms with Gasteiger partial charge in [0.2, 0.25) is 5.91 Å². The Morgan fingerprint density at radius 1 is 1.44 bits per heavy atom. The maximum absolute atomic E-state index is 12.4. The van der Waals surface area contributed by atoms with Crippen molar-refractivity contribution in [2.24, 2.45) is 0 Å². The van der Waals surface area contributed by atoms with Crippen LogP contribution in [0.1, 0.15) is 62.9 Å². The monoisotopic (exact) mass is 347 g/mol. The molecule has 0 unspecified atom stereocenters. The first-order valence-corrected chi connectivity index (χ1v) is 9.12. The summed E-state index contributed by atoms with van der Waals surface area (Å²) in [4.78, 5) is 26.3. The quantitative estimate of drug-likeness (QED) is 0.731. The van der Waals surface area contributed by atoms with E-state index in [4.69, 9.17) is 0 Å². The molecule has 1 N–H and O–H groups in total. The second kappa shape index (κ2) is 9.34. The van der Waals surface area contributed by atoms with E-state index >= 15 is 0 Å². The SMILES string of the molecule is C=CCCC(=O)N1CCCC[C@@H]1CCn1cc(C(=O)NC(C)C)nn1. The molecule has 0 spiro atoms. The van der Waals surface area contributed by atoms with E-state index in [0.29, 0.717) is 18.7 Å². The molecule has 2 rings (SSSR count). The van der Waals surface area contributed by atoms with Crippen LogP contribution in [0.25, 0.3) is 0 Å². The van der Waals surface area contributed by atoms with Crippen molar-refractivity contribution in [2.75, 3.05) is 6.54 Å². The Balaban J connectivity index is 1.90. The molecule has 1 saturated heterocycles. The fourth-order valence-electron chi connectivity index (χ4n) is 3.13. The second-order valence-electron chi connectivity index (χ2n) is 6.85. The van der Waals surface area contributed by atoms with E-state index in [9.17, 15) is 9.59 Å². The molecule has 1 aromatic heterocycles. The van der Waals surface area contributed by atoms with Crippen molar-refractivity contribution in [3.8, 4) is 0 Å². The normalized spacial score (nSPS) is 17.6. The fourth-order valence-corrected chi connectivity index (χ4v) is 3.13. The summed E-state index contributed by atoms with van der Waals surface area (Å²) >= 11 is 0. The van der Waals surface area contributed by atoms with Gasteiger partial charge < -0.3 is 10.2 Å². The Morgan fingerprint density at radius 2 is 2.24 bits per heavy atom. The van der Waals surface area contributed by atoms with Crippen molar-refractivity contribution in [2.45, 2.75) is 71.0 Å². The van der Waals surface area contributed by atoms with E-state index in [-0.39, 0.29) is 23.9 Å². The van der Waals surface area contributed by atoms with Gasteiger partial charge in [0, 0.05) is 31.6 Å². The summed E-state index contributed by atoms with van der Waals surface area (Å²) in [6.07, 6.45) is 8.78. The zero-order valence-corrected chi connectivity index (χ0v) is 15.3. The average molecular weight is 347 g/mol. The molecule has 0 radical (unpaired) electrons. The highest BCUT2D eigenvalue weighted by atomic mass is 16.2. The van der Waals surface area contributed by atoms with Gasteiger partial charge >= 0.3 is 0 Å². The van der Waals surface area contributed by atoms with Crippen LogP contribution in [-0.4, -0.2) is 50.3 Å². The Hall–Kier alpha value is -2.18. The van der Waals surface area contributed by atoms with Crippen molar-refractivity contribution in [3.05, 3.63) is 24.5 Å². The first-order chi connectivity index (χ1) is 12.0. The predicted octanol–water partition coefficient (Wildman–Crippen LogP) is 2.15. The molecule has 1 aromatic rings. The lowest BCUT2D eigenvalue weighted by molar-refractivity contribution is -0.135. The molecule has 2 heterocycles. The summed E-state index contributed by atoms with van der Waals surface area (Å²) in [5, 5.41) is 10.8.